The summed E-state index contributed by atoms with van der Waals surface area (Å²) in [7, 11) is 0. The monoisotopic (exact) mass is 397 g/mol. The number of thiophene rings is 1. The number of benzene rings is 1. The summed E-state index contributed by atoms with van der Waals surface area (Å²) >= 11 is 1.28. The third-order valence-electron chi connectivity index (χ3n) is 5.59. The van der Waals surface area contributed by atoms with Gasteiger partial charge >= 0.3 is 0 Å². The lowest BCUT2D eigenvalue weighted by molar-refractivity contribution is 0.0765. The van der Waals surface area contributed by atoms with E-state index in [4.69, 9.17) is 0 Å². The van der Waals surface area contributed by atoms with Crippen LogP contribution < -0.4 is 5.56 Å². The third kappa shape index (κ3) is 3.72. The fourth-order valence-corrected chi connectivity index (χ4v) is 4.66. The fourth-order valence-electron chi connectivity index (χ4n) is 3.86. The lowest BCUT2D eigenvalue weighted by Crippen LogP contribution is -2.44. The van der Waals surface area contributed by atoms with E-state index in [-0.39, 0.29) is 23.1 Å². The first-order valence-electron chi connectivity index (χ1n) is 9.53. The van der Waals surface area contributed by atoms with E-state index < -0.39 is 0 Å². The quantitative estimate of drug-likeness (QED) is 0.670. The van der Waals surface area contributed by atoms with Gasteiger partial charge in [-0.25, -0.2) is 4.98 Å². The number of nitrogens with zero attached hydrogens (tertiary/aromatic N) is 3. The second-order valence-corrected chi connectivity index (χ2v) is 8.32. The van der Waals surface area contributed by atoms with Crippen LogP contribution in [0.4, 0.5) is 0 Å². The van der Waals surface area contributed by atoms with Crippen molar-refractivity contribution < 1.29 is 9.90 Å². The lowest BCUT2D eigenvalue weighted by atomic mass is 9.95. The van der Waals surface area contributed by atoms with Gasteiger partial charge < -0.3 is 5.11 Å². The number of carbonyl (C=O) groups excluding carboxylic acids is 1. The lowest BCUT2D eigenvalue weighted by Gasteiger charge is -2.35. The predicted molar refractivity (Wildman–Crippen MR) is 110 cm³/mol. The largest absolute Gasteiger partial charge is 0.507 e. The van der Waals surface area contributed by atoms with Crippen molar-refractivity contribution in [2.45, 2.75) is 32.4 Å². The number of hydrogen-bond donors (Lipinski definition) is 1. The number of carbonyl (C=O) groups is 1. The highest BCUT2D eigenvalue weighted by Gasteiger charge is 2.28. The van der Waals surface area contributed by atoms with Gasteiger partial charge in [0.2, 0.25) is 0 Å². The number of Topliss-reactive ketones (excluding diaryl/α,β-unsaturated/α-hetero) is 1. The van der Waals surface area contributed by atoms with Gasteiger partial charge in [0.05, 0.1) is 28.1 Å². The van der Waals surface area contributed by atoms with Crippen LogP contribution in [0.2, 0.25) is 0 Å². The molecule has 1 aromatic carbocycles. The van der Waals surface area contributed by atoms with E-state index in [1.54, 1.807) is 16.3 Å². The summed E-state index contributed by atoms with van der Waals surface area (Å²) in [4.78, 5) is 32.5. The standard InChI is InChI=1S/C21H23N3O3S/c1-14(20(26)19-10-16(25)12-28-19)23-8-6-15(7-9-23)11-24-13-22-18-5-3-2-4-17(18)21(24)27/h2-5,10,12-15,25H,6-9,11H2,1H3. The van der Waals surface area contributed by atoms with Gasteiger partial charge in [-0.3, -0.25) is 19.1 Å². The summed E-state index contributed by atoms with van der Waals surface area (Å²) in [6, 6.07) is 8.75. The molecule has 1 fully saturated rings. The normalized spacial score (nSPS) is 17.0. The minimum absolute atomic E-state index is 0.00841. The Kier molecular flexibility index (Phi) is 5.28. The molecule has 1 saturated heterocycles. The molecule has 0 radical (unpaired) electrons. The summed E-state index contributed by atoms with van der Waals surface area (Å²) < 4.78 is 1.71. The second kappa shape index (κ2) is 7.85. The van der Waals surface area contributed by atoms with Crippen molar-refractivity contribution in [3.05, 3.63) is 57.3 Å². The Bertz CT molecular complexity index is 1050. The number of fused-ring (bicyclic) bond motifs is 1. The molecule has 6 nitrogen and oxygen atoms in total. The van der Waals surface area contributed by atoms with Crippen LogP contribution in [0, 0.1) is 5.92 Å². The molecule has 28 heavy (non-hydrogen) atoms. The third-order valence-corrected chi connectivity index (χ3v) is 6.52. The number of para-hydroxylation sites is 1. The number of likely N-dealkylation sites (tertiary alicyclic amines) is 1. The van der Waals surface area contributed by atoms with Gasteiger partial charge in [-0.05, 0) is 50.9 Å². The highest BCUT2D eigenvalue weighted by molar-refractivity contribution is 7.12. The van der Waals surface area contributed by atoms with E-state index in [0.717, 1.165) is 31.4 Å². The first-order chi connectivity index (χ1) is 13.5. The van der Waals surface area contributed by atoms with Crippen LogP contribution in [0.1, 0.15) is 29.4 Å². The molecule has 0 saturated carbocycles. The fraction of sp³-hybridized carbons (Fsp3) is 0.381. The maximum Gasteiger partial charge on any atom is 0.261 e. The van der Waals surface area contributed by atoms with Crippen LogP contribution in [0.5, 0.6) is 5.75 Å². The number of aromatic nitrogens is 2. The highest BCUT2D eigenvalue weighted by atomic mass is 32.1. The molecule has 1 aliphatic rings. The SMILES string of the molecule is CC(C(=O)c1cc(O)cs1)N1CCC(Cn2cnc3ccccc3c2=O)CC1. The van der Waals surface area contributed by atoms with Crippen molar-refractivity contribution in [2.75, 3.05) is 13.1 Å². The van der Waals surface area contributed by atoms with Crippen LogP contribution in [-0.2, 0) is 6.54 Å². The Labute approximate surface area is 167 Å². The molecule has 7 heteroatoms. The molecule has 2 aromatic heterocycles. The maximum atomic E-state index is 12.7. The van der Waals surface area contributed by atoms with Gasteiger partial charge in [0.25, 0.3) is 5.56 Å². The summed E-state index contributed by atoms with van der Waals surface area (Å²) in [6.07, 6.45) is 3.52. The molecule has 4 rings (SSSR count). The van der Waals surface area contributed by atoms with Crippen LogP contribution >= 0.6 is 11.3 Å². The topological polar surface area (TPSA) is 75.4 Å². The number of aromatic hydroxyl groups is 1. The smallest absolute Gasteiger partial charge is 0.261 e. The number of piperidine rings is 1. The van der Waals surface area contributed by atoms with E-state index in [1.807, 2.05) is 31.2 Å². The predicted octanol–water partition coefficient (Wildman–Crippen LogP) is 3.15. The average molecular weight is 398 g/mol. The van der Waals surface area contributed by atoms with E-state index >= 15 is 0 Å². The second-order valence-electron chi connectivity index (χ2n) is 7.41. The Morgan fingerprint density at radius 3 is 2.79 bits per heavy atom. The number of hydrogen-bond acceptors (Lipinski definition) is 6. The Morgan fingerprint density at radius 2 is 2.07 bits per heavy atom. The first-order valence-corrected chi connectivity index (χ1v) is 10.4. The molecule has 3 heterocycles. The molecule has 146 valence electrons. The van der Waals surface area contributed by atoms with Crippen LogP contribution in [-0.4, -0.2) is 44.5 Å². The molecule has 0 amide bonds. The maximum absolute atomic E-state index is 12.7. The Balaban J connectivity index is 1.39. The molecular formula is C21H23N3O3S. The molecule has 1 aliphatic heterocycles. The summed E-state index contributed by atoms with van der Waals surface area (Å²) in [5, 5.41) is 11.7. The molecule has 3 aromatic rings. The average Bonchev–Trinajstić information content (AvgIpc) is 3.16. The zero-order valence-corrected chi connectivity index (χ0v) is 16.6. The molecular weight excluding hydrogens is 374 g/mol. The van der Waals surface area contributed by atoms with Crippen LogP contribution in [0.15, 0.2) is 46.8 Å². The first kappa shape index (κ1) is 18.8. The van der Waals surface area contributed by atoms with Gasteiger partial charge in [-0.2, -0.15) is 0 Å². The Morgan fingerprint density at radius 1 is 1.32 bits per heavy atom. The van der Waals surface area contributed by atoms with Gasteiger partial charge in [-0.1, -0.05) is 12.1 Å². The van der Waals surface area contributed by atoms with Crippen molar-refractivity contribution >= 4 is 28.0 Å². The molecule has 0 spiro atoms. The summed E-state index contributed by atoms with van der Waals surface area (Å²) in [5.74, 6) is 0.595. The summed E-state index contributed by atoms with van der Waals surface area (Å²) in [5.41, 5.74) is 0.736. The van der Waals surface area contributed by atoms with Gasteiger partial charge in [0.1, 0.15) is 5.75 Å². The molecule has 1 atom stereocenters. The zero-order valence-electron chi connectivity index (χ0n) is 15.7. The summed E-state index contributed by atoms with van der Waals surface area (Å²) in [6.45, 7) is 4.23. The zero-order chi connectivity index (χ0) is 19.7. The van der Waals surface area contributed by atoms with Crippen molar-refractivity contribution in [3.63, 3.8) is 0 Å². The van der Waals surface area contributed by atoms with Crippen molar-refractivity contribution in [1.82, 2.24) is 14.5 Å². The van der Waals surface area contributed by atoms with Gasteiger partial charge in [0.15, 0.2) is 5.78 Å². The minimum Gasteiger partial charge on any atom is -0.507 e. The minimum atomic E-state index is -0.205. The molecule has 1 unspecified atom stereocenters. The van der Waals surface area contributed by atoms with Crippen molar-refractivity contribution in [2.24, 2.45) is 5.92 Å². The van der Waals surface area contributed by atoms with Gasteiger partial charge in [0, 0.05) is 18.0 Å². The van der Waals surface area contributed by atoms with Crippen molar-refractivity contribution in [1.29, 1.82) is 0 Å². The van der Waals surface area contributed by atoms with E-state index in [1.165, 1.54) is 17.4 Å². The molecule has 0 bridgehead atoms. The van der Waals surface area contributed by atoms with E-state index in [0.29, 0.717) is 22.7 Å². The van der Waals surface area contributed by atoms with Crippen LogP contribution in [0.3, 0.4) is 0 Å². The Hall–Kier alpha value is -2.51. The number of rotatable bonds is 5. The molecule has 0 aliphatic carbocycles. The molecule has 1 N–H and O–H groups in total. The van der Waals surface area contributed by atoms with Gasteiger partial charge in [-0.15, -0.1) is 11.3 Å². The number of ketones is 1. The van der Waals surface area contributed by atoms with Crippen molar-refractivity contribution in [3.8, 4) is 5.75 Å². The highest BCUT2D eigenvalue weighted by Crippen LogP contribution is 2.25. The van der Waals surface area contributed by atoms with E-state index in [2.05, 4.69) is 9.88 Å². The van der Waals surface area contributed by atoms with Crippen LogP contribution in [0.25, 0.3) is 10.9 Å². The van der Waals surface area contributed by atoms with E-state index in [9.17, 15) is 14.7 Å².